The lowest BCUT2D eigenvalue weighted by Gasteiger charge is -2.40. The van der Waals surface area contributed by atoms with Crippen molar-refractivity contribution in [3.8, 4) is 5.75 Å². The van der Waals surface area contributed by atoms with Crippen molar-refractivity contribution in [3.05, 3.63) is 106 Å². The molecule has 1 aliphatic heterocycles. The predicted octanol–water partition coefficient (Wildman–Crippen LogP) is 4.55. The van der Waals surface area contributed by atoms with Gasteiger partial charge in [0.1, 0.15) is 11.2 Å². The summed E-state index contributed by atoms with van der Waals surface area (Å²) in [6.45, 7) is 4.38. The van der Waals surface area contributed by atoms with Crippen LogP contribution in [-0.4, -0.2) is 41.5 Å². The van der Waals surface area contributed by atoms with Crippen molar-refractivity contribution in [2.75, 3.05) is 19.7 Å². The molecule has 35 heavy (non-hydrogen) atoms. The lowest BCUT2D eigenvalue weighted by molar-refractivity contribution is -0.384. The van der Waals surface area contributed by atoms with E-state index >= 15 is 0 Å². The molecule has 0 bridgehead atoms. The number of nitrogens with zero attached hydrogens (tertiary/aromatic N) is 2. The molecule has 2 atom stereocenters. The number of ether oxygens (including phenoxy) is 1. The first kappa shape index (κ1) is 24.4. The van der Waals surface area contributed by atoms with Gasteiger partial charge in [-0.1, -0.05) is 60.7 Å². The summed E-state index contributed by atoms with van der Waals surface area (Å²) in [6, 6.07) is 26.0. The molecule has 3 aromatic carbocycles. The second-order valence-corrected chi connectivity index (χ2v) is 9.03. The standard InChI is InChI=1S/C28H31N3O4/c1-21-26(17-19-30(21)18-8-20-35-25-15-13-24(14-16-25)31(33)34)28(27(29)32,22-9-4-2-5-10-22)23-11-6-3-7-12-23/h2-7,9-16,21,26H,8,17-20H2,1H3,(H2,29,32). The number of nitrogens with two attached hydrogens (primary N) is 1. The molecule has 1 fully saturated rings. The van der Waals surface area contributed by atoms with Crippen molar-refractivity contribution in [2.45, 2.75) is 31.2 Å². The van der Waals surface area contributed by atoms with Gasteiger partial charge in [-0.15, -0.1) is 0 Å². The Hall–Kier alpha value is -3.71. The maximum atomic E-state index is 13.3. The SMILES string of the molecule is CC1C(C(C(N)=O)(c2ccccc2)c2ccccc2)CCN1CCCOc1ccc([N+](=O)[O-])cc1. The Kier molecular flexibility index (Phi) is 7.46. The molecule has 1 heterocycles. The number of amides is 1. The highest BCUT2D eigenvalue weighted by Gasteiger charge is 2.52. The van der Waals surface area contributed by atoms with E-state index in [4.69, 9.17) is 10.5 Å². The zero-order chi connectivity index (χ0) is 24.8. The average molecular weight is 474 g/mol. The van der Waals surface area contributed by atoms with Gasteiger partial charge < -0.3 is 15.4 Å². The number of likely N-dealkylation sites (tertiary alicyclic amines) is 1. The first-order chi connectivity index (χ1) is 16.9. The maximum absolute atomic E-state index is 13.3. The molecule has 0 saturated carbocycles. The molecule has 1 amide bonds. The minimum absolute atomic E-state index is 0.0281. The van der Waals surface area contributed by atoms with Crippen LogP contribution < -0.4 is 10.5 Å². The normalized spacial score (nSPS) is 18.3. The van der Waals surface area contributed by atoms with Crippen LogP contribution in [0.3, 0.4) is 0 Å². The number of rotatable bonds is 10. The largest absolute Gasteiger partial charge is 0.494 e. The van der Waals surface area contributed by atoms with Gasteiger partial charge in [-0.2, -0.15) is 0 Å². The van der Waals surface area contributed by atoms with E-state index in [1.165, 1.54) is 12.1 Å². The molecule has 0 aliphatic carbocycles. The summed E-state index contributed by atoms with van der Waals surface area (Å²) in [6.07, 6.45) is 1.66. The van der Waals surface area contributed by atoms with Crippen molar-refractivity contribution < 1.29 is 14.5 Å². The number of nitro benzene ring substituents is 1. The summed E-state index contributed by atoms with van der Waals surface area (Å²) >= 11 is 0. The number of carbonyl (C=O) groups is 1. The van der Waals surface area contributed by atoms with Crippen LogP contribution in [0.25, 0.3) is 0 Å². The fourth-order valence-electron chi connectivity index (χ4n) is 5.48. The van der Waals surface area contributed by atoms with Gasteiger partial charge in [-0.05, 0) is 55.5 Å². The molecular formula is C28H31N3O4. The predicted molar refractivity (Wildman–Crippen MR) is 135 cm³/mol. The number of carbonyl (C=O) groups excluding carboxylic acids is 1. The quantitative estimate of drug-likeness (QED) is 0.265. The molecule has 4 rings (SSSR count). The maximum Gasteiger partial charge on any atom is 0.269 e. The monoisotopic (exact) mass is 473 g/mol. The van der Waals surface area contributed by atoms with E-state index in [1.54, 1.807) is 12.1 Å². The Balaban J connectivity index is 1.47. The number of primary amides is 1. The van der Waals surface area contributed by atoms with Crippen LogP contribution in [0.1, 0.15) is 30.9 Å². The van der Waals surface area contributed by atoms with Gasteiger partial charge >= 0.3 is 0 Å². The zero-order valence-corrected chi connectivity index (χ0v) is 19.9. The zero-order valence-electron chi connectivity index (χ0n) is 19.9. The lowest BCUT2D eigenvalue weighted by Crippen LogP contribution is -2.51. The number of non-ortho nitro benzene ring substituents is 1. The Morgan fingerprint density at radius 3 is 2.11 bits per heavy atom. The first-order valence-corrected chi connectivity index (χ1v) is 12.0. The second-order valence-electron chi connectivity index (χ2n) is 9.03. The van der Waals surface area contributed by atoms with Crippen LogP contribution in [0.2, 0.25) is 0 Å². The average Bonchev–Trinajstić information content (AvgIpc) is 3.24. The summed E-state index contributed by atoms with van der Waals surface area (Å²) in [5.74, 6) is 0.319. The van der Waals surface area contributed by atoms with Crippen LogP contribution in [0.4, 0.5) is 5.69 Å². The van der Waals surface area contributed by atoms with Gasteiger partial charge in [0.25, 0.3) is 5.69 Å². The fraction of sp³-hybridized carbons (Fsp3) is 0.321. The number of hydrogen-bond acceptors (Lipinski definition) is 5. The van der Waals surface area contributed by atoms with E-state index in [0.29, 0.717) is 12.4 Å². The van der Waals surface area contributed by atoms with E-state index < -0.39 is 10.3 Å². The Morgan fingerprint density at radius 1 is 1.03 bits per heavy atom. The lowest BCUT2D eigenvalue weighted by atomic mass is 9.63. The number of nitro groups is 1. The molecule has 1 aliphatic rings. The van der Waals surface area contributed by atoms with Gasteiger partial charge in [-0.3, -0.25) is 14.9 Å². The van der Waals surface area contributed by atoms with Crippen LogP contribution >= 0.6 is 0 Å². The molecule has 0 aromatic heterocycles. The third-order valence-corrected chi connectivity index (χ3v) is 7.19. The van der Waals surface area contributed by atoms with Gasteiger partial charge in [0.2, 0.25) is 5.91 Å². The highest BCUT2D eigenvalue weighted by atomic mass is 16.6. The first-order valence-electron chi connectivity index (χ1n) is 12.0. The molecule has 2 N–H and O–H groups in total. The summed E-state index contributed by atoms with van der Waals surface area (Å²) in [7, 11) is 0. The van der Waals surface area contributed by atoms with Crippen molar-refractivity contribution >= 4 is 11.6 Å². The molecule has 1 saturated heterocycles. The van der Waals surface area contributed by atoms with Gasteiger partial charge in [-0.25, -0.2) is 0 Å². The molecule has 2 unspecified atom stereocenters. The Morgan fingerprint density at radius 2 is 1.60 bits per heavy atom. The van der Waals surface area contributed by atoms with Crippen LogP contribution in [0.15, 0.2) is 84.9 Å². The minimum atomic E-state index is -0.911. The topological polar surface area (TPSA) is 98.7 Å². The van der Waals surface area contributed by atoms with Crippen molar-refractivity contribution in [1.29, 1.82) is 0 Å². The number of hydrogen-bond donors (Lipinski definition) is 1. The third kappa shape index (κ3) is 4.91. The van der Waals surface area contributed by atoms with Crippen LogP contribution in [-0.2, 0) is 10.2 Å². The molecule has 7 nitrogen and oxygen atoms in total. The molecule has 182 valence electrons. The molecular weight excluding hydrogens is 442 g/mol. The van der Waals surface area contributed by atoms with E-state index in [1.807, 2.05) is 60.7 Å². The molecule has 3 aromatic rings. The highest BCUT2D eigenvalue weighted by molar-refractivity contribution is 5.91. The van der Waals surface area contributed by atoms with E-state index in [0.717, 1.165) is 37.1 Å². The third-order valence-electron chi connectivity index (χ3n) is 7.19. The van der Waals surface area contributed by atoms with Crippen molar-refractivity contribution in [1.82, 2.24) is 4.90 Å². The van der Waals surface area contributed by atoms with Gasteiger partial charge in [0.05, 0.1) is 11.5 Å². The molecule has 0 radical (unpaired) electrons. The summed E-state index contributed by atoms with van der Waals surface area (Å²) in [5, 5.41) is 10.8. The fourth-order valence-corrected chi connectivity index (χ4v) is 5.48. The highest BCUT2D eigenvalue weighted by Crippen LogP contribution is 2.46. The van der Waals surface area contributed by atoms with Gasteiger partial charge in [0.15, 0.2) is 0 Å². The molecule has 7 heteroatoms. The summed E-state index contributed by atoms with van der Waals surface area (Å²) < 4.78 is 5.78. The van der Waals surface area contributed by atoms with Gasteiger partial charge in [0, 0.05) is 24.7 Å². The smallest absolute Gasteiger partial charge is 0.269 e. The summed E-state index contributed by atoms with van der Waals surface area (Å²) in [4.78, 5) is 26.1. The van der Waals surface area contributed by atoms with E-state index in [9.17, 15) is 14.9 Å². The number of benzene rings is 3. The van der Waals surface area contributed by atoms with Crippen molar-refractivity contribution in [3.63, 3.8) is 0 Å². The molecule has 0 spiro atoms. The Labute approximate surface area is 205 Å². The Bertz CT molecular complexity index is 1100. The second kappa shape index (κ2) is 10.7. The van der Waals surface area contributed by atoms with Crippen LogP contribution in [0.5, 0.6) is 5.75 Å². The van der Waals surface area contributed by atoms with Crippen LogP contribution in [0, 0.1) is 16.0 Å². The van der Waals surface area contributed by atoms with Crippen molar-refractivity contribution in [2.24, 2.45) is 11.7 Å². The minimum Gasteiger partial charge on any atom is -0.494 e. The van der Waals surface area contributed by atoms with E-state index in [2.05, 4.69) is 11.8 Å². The summed E-state index contributed by atoms with van der Waals surface area (Å²) in [5.41, 5.74) is 7.21. The van der Waals surface area contributed by atoms with E-state index in [-0.39, 0.29) is 23.6 Å².